The van der Waals surface area contributed by atoms with Crippen molar-refractivity contribution in [3.8, 4) is 0 Å². The Morgan fingerprint density at radius 3 is 2.53 bits per heavy atom. The first-order chi connectivity index (χ1) is 8.33. The number of hydrogen-bond acceptors (Lipinski definition) is 3. The third kappa shape index (κ3) is 2.06. The lowest BCUT2D eigenvalue weighted by molar-refractivity contribution is 0.271. The molecule has 3 nitrogen and oxygen atoms in total. The largest absolute Gasteiger partial charge is 0.289 e. The van der Waals surface area contributed by atoms with E-state index in [1.54, 1.807) is 6.33 Å². The predicted octanol–water partition coefficient (Wildman–Crippen LogP) is 2.30. The second-order valence-corrected chi connectivity index (χ2v) is 4.57. The van der Waals surface area contributed by atoms with Gasteiger partial charge in [-0.1, -0.05) is 24.3 Å². The van der Waals surface area contributed by atoms with Gasteiger partial charge in [-0.15, -0.1) is 0 Å². The van der Waals surface area contributed by atoms with E-state index in [0.29, 0.717) is 0 Å². The number of fused-ring (bicyclic) bond motifs is 1. The second kappa shape index (κ2) is 4.26. The summed E-state index contributed by atoms with van der Waals surface area (Å²) in [6.45, 7) is 5.03. The molecule has 1 aliphatic rings. The fourth-order valence-electron chi connectivity index (χ4n) is 2.32. The van der Waals surface area contributed by atoms with Crippen LogP contribution in [0.5, 0.6) is 0 Å². The number of aromatic nitrogens is 2. The Morgan fingerprint density at radius 1 is 1.18 bits per heavy atom. The van der Waals surface area contributed by atoms with Crippen LogP contribution in [0.4, 0.5) is 0 Å². The lowest BCUT2D eigenvalue weighted by atomic mass is 10.1. The molecule has 0 spiro atoms. The normalized spacial score (nSPS) is 14.9. The number of hydrogen-bond donors (Lipinski definition) is 0. The van der Waals surface area contributed by atoms with Crippen molar-refractivity contribution in [1.29, 1.82) is 0 Å². The summed E-state index contributed by atoms with van der Waals surface area (Å²) in [5.74, 6) is 0. The zero-order chi connectivity index (χ0) is 11.7. The number of aryl methyl sites for hydroxylation is 1. The van der Waals surface area contributed by atoms with Crippen molar-refractivity contribution in [1.82, 2.24) is 14.9 Å². The molecular formula is C14H15N3. The van der Waals surface area contributed by atoms with Gasteiger partial charge >= 0.3 is 0 Å². The molecule has 0 radical (unpaired) electrons. The molecule has 2 aromatic rings. The molecule has 1 aromatic carbocycles. The molecule has 3 rings (SSSR count). The molecule has 3 heteroatoms. The lowest BCUT2D eigenvalue weighted by Gasteiger charge is -2.15. The van der Waals surface area contributed by atoms with Gasteiger partial charge in [0, 0.05) is 25.8 Å². The minimum Gasteiger partial charge on any atom is -0.289 e. The first-order valence-electron chi connectivity index (χ1n) is 5.87. The van der Waals surface area contributed by atoms with Crippen molar-refractivity contribution < 1.29 is 0 Å². The average Bonchev–Trinajstić information content (AvgIpc) is 2.74. The number of benzene rings is 1. The van der Waals surface area contributed by atoms with Gasteiger partial charge in [-0.25, -0.2) is 9.97 Å². The van der Waals surface area contributed by atoms with Gasteiger partial charge in [-0.3, -0.25) is 4.90 Å². The zero-order valence-electron chi connectivity index (χ0n) is 9.93. The van der Waals surface area contributed by atoms with Crippen LogP contribution in [0.25, 0.3) is 0 Å². The molecule has 0 amide bonds. The Morgan fingerprint density at radius 2 is 1.88 bits per heavy atom. The molecule has 2 heterocycles. The summed E-state index contributed by atoms with van der Waals surface area (Å²) in [4.78, 5) is 10.8. The van der Waals surface area contributed by atoms with Gasteiger partial charge in [0.2, 0.25) is 0 Å². The monoisotopic (exact) mass is 225 g/mol. The maximum Gasteiger partial charge on any atom is 0.115 e. The van der Waals surface area contributed by atoms with Crippen molar-refractivity contribution in [2.24, 2.45) is 0 Å². The van der Waals surface area contributed by atoms with Gasteiger partial charge in [0.25, 0.3) is 0 Å². The quantitative estimate of drug-likeness (QED) is 0.785. The standard InChI is InChI=1S/C14H15N3/c1-11-6-15-10-16-14(11)9-17-7-12-4-2-3-5-13(12)8-17/h2-6,10H,7-9H2,1H3. The molecule has 0 saturated carbocycles. The maximum atomic E-state index is 4.35. The average molecular weight is 225 g/mol. The molecule has 0 bridgehead atoms. The molecule has 1 aliphatic heterocycles. The van der Waals surface area contributed by atoms with Gasteiger partial charge in [-0.05, 0) is 23.6 Å². The Balaban J connectivity index is 1.76. The fourth-order valence-corrected chi connectivity index (χ4v) is 2.32. The Labute approximate surface area is 101 Å². The Kier molecular flexibility index (Phi) is 2.61. The van der Waals surface area contributed by atoms with Crippen LogP contribution in [0.15, 0.2) is 36.8 Å². The predicted molar refractivity (Wildman–Crippen MR) is 66.2 cm³/mol. The highest BCUT2D eigenvalue weighted by Gasteiger charge is 2.18. The molecule has 1 aromatic heterocycles. The molecule has 0 N–H and O–H groups in total. The number of nitrogens with zero attached hydrogens (tertiary/aromatic N) is 3. The molecular weight excluding hydrogens is 210 g/mol. The topological polar surface area (TPSA) is 29.0 Å². The highest BCUT2D eigenvalue weighted by atomic mass is 15.1. The molecule has 0 atom stereocenters. The van der Waals surface area contributed by atoms with Gasteiger partial charge in [0.15, 0.2) is 0 Å². The Bertz CT molecular complexity index is 511. The molecule has 0 aliphatic carbocycles. The Hall–Kier alpha value is -1.74. The van der Waals surface area contributed by atoms with Crippen molar-refractivity contribution >= 4 is 0 Å². The van der Waals surface area contributed by atoms with Crippen molar-refractivity contribution in [3.63, 3.8) is 0 Å². The smallest absolute Gasteiger partial charge is 0.115 e. The van der Waals surface area contributed by atoms with E-state index in [1.807, 2.05) is 6.20 Å². The van der Waals surface area contributed by atoms with Crippen LogP contribution in [0.3, 0.4) is 0 Å². The van der Waals surface area contributed by atoms with Crippen LogP contribution in [-0.2, 0) is 19.6 Å². The molecule has 0 unspecified atom stereocenters. The van der Waals surface area contributed by atoms with Gasteiger partial charge in [0.05, 0.1) is 5.69 Å². The summed E-state index contributed by atoms with van der Waals surface area (Å²) in [5.41, 5.74) is 5.19. The number of rotatable bonds is 2. The lowest BCUT2D eigenvalue weighted by Crippen LogP contribution is -2.17. The summed E-state index contributed by atoms with van der Waals surface area (Å²) < 4.78 is 0. The van der Waals surface area contributed by atoms with Crippen LogP contribution >= 0.6 is 0 Å². The summed E-state index contributed by atoms with van der Waals surface area (Å²) in [6, 6.07) is 8.64. The van der Waals surface area contributed by atoms with Crippen molar-refractivity contribution in [2.45, 2.75) is 26.6 Å². The van der Waals surface area contributed by atoms with Crippen LogP contribution in [0, 0.1) is 6.92 Å². The maximum absolute atomic E-state index is 4.35. The first kappa shape index (κ1) is 10.4. The third-order valence-corrected chi connectivity index (χ3v) is 3.28. The van der Waals surface area contributed by atoms with Crippen LogP contribution < -0.4 is 0 Å². The van der Waals surface area contributed by atoms with E-state index in [-0.39, 0.29) is 0 Å². The first-order valence-corrected chi connectivity index (χ1v) is 5.87. The van der Waals surface area contributed by atoms with E-state index < -0.39 is 0 Å². The van der Waals surface area contributed by atoms with Crippen LogP contribution in [-0.4, -0.2) is 14.9 Å². The SMILES string of the molecule is Cc1cncnc1CN1Cc2ccccc2C1. The molecule has 86 valence electrons. The molecule has 0 fully saturated rings. The summed E-state index contributed by atoms with van der Waals surface area (Å²) >= 11 is 0. The summed E-state index contributed by atoms with van der Waals surface area (Å²) in [7, 11) is 0. The van der Waals surface area contributed by atoms with Crippen LogP contribution in [0.2, 0.25) is 0 Å². The fraction of sp³-hybridized carbons (Fsp3) is 0.286. The van der Waals surface area contributed by atoms with Gasteiger partial charge < -0.3 is 0 Å². The van der Waals surface area contributed by atoms with E-state index in [2.05, 4.69) is 46.1 Å². The van der Waals surface area contributed by atoms with Gasteiger partial charge in [-0.2, -0.15) is 0 Å². The van der Waals surface area contributed by atoms with E-state index in [0.717, 1.165) is 25.3 Å². The minimum absolute atomic E-state index is 0.906. The van der Waals surface area contributed by atoms with Crippen LogP contribution in [0.1, 0.15) is 22.4 Å². The zero-order valence-corrected chi connectivity index (χ0v) is 9.93. The van der Waals surface area contributed by atoms with Crippen molar-refractivity contribution in [3.05, 3.63) is 59.2 Å². The van der Waals surface area contributed by atoms with E-state index >= 15 is 0 Å². The van der Waals surface area contributed by atoms with Gasteiger partial charge in [0.1, 0.15) is 6.33 Å². The molecule has 0 saturated heterocycles. The highest BCUT2D eigenvalue weighted by molar-refractivity contribution is 5.30. The second-order valence-electron chi connectivity index (χ2n) is 4.57. The highest BCUT2D eigenvalue weighted by Crippen LogP contribution is 2.23. The van der Waals surface area contributed by atoms with E-state index in [1.165, 1.54) is 16.7 Å². The summed E-state index contributed by atoms with van der Waals surface area (Å²) in [6.07, 6.45) is 3.51. The van der Waals surface area contributed by atoms with E-state index in [9.17, 15) is 0 Å². The van der Waals surface area contributed by atoms with E-state index in [4.69, 9.17) is 0 Å². The minimum atomic E-state index is 0.906. The summed E-state index contributed by atoms with van der Waals surface area (Å²) in [5, 5.41) is 0. The van der Waals surface area contributed by atoms with Crippen molar-refractivity contribution in [2.75, 3.05) is 0 Å². The molecule has 17 heavy (non-hydrogen) atoms. The third-order valence-electron chi connectivity index (χ3n) is 3.28.